The second-order valence-electron chi connectivity index (χ2n) is 4.37. The molecule has 0 fully saturated rings. The number of alkyl halides is 2. The smallest absolute Gasteiger partial charge is 0.270 e. The van der Waals surface area contributed by atoms with Crippen LogP contribution in [0.2, 0.25) is 0 Å². The van der Waals surface area contributed by atoms with Gasteiger partial charge in [0.25, 0.3) is 5.92 Å². The summed E-state index contributed by atoms with van der Waals surface area (Å²) in [6, 6.07) is 14.1. The van der Waals surface area contributed by atoms with Crippen LogP contribution in [0.3, 0.4) is 0 Å². The van der Waals surface area contributed by atoms with Crippen molar-refractivity contribution in [2.24, 2.45) is 5.73 Å². The van der Waals surface area contributed by atoms with Gasteiger partial charge in [-0.25, -0.2) is 8.78 Å². The highest BCUT2D eigenvalue weighted by Crippen LogP contribution is 2.29. The second kappa shape index (κ2) is 4.86. The Bertz CT molecular complexity index is 527. The summed E-state index contributed by atoms with van der Waals surface area (Å²) in [5.74, 6) is -2.79. The summed E-state index contributed by atoms with van der Waals surface area (Å²) >= 11 is 0. The quantitative estimate of drug-likeness (QED) is 0.874. The zero-order chi connectivity index (χ0) is 13.2. The molecule has 0 saturated heterocycles. The minimum absolute atomic E-state index is 0.0289. The first-order chi connectivity index (χ1) is 8.50. The number of hydrogen-bond acceptors (Lipinski definition) is 1. The molecule has 2 rings (SSSR count). The fraction of sp³-hybridized carbons (Fsp3) is 0.200. The van der Waals surface area contributed by atoms with Crippen LogP contribution in [-0.2, 0) is 12.5 Å². The zero-order valence-corrected chi connectivity index (χ0v) is 10.2. The average Bonchev–Trinajstić information content (AvgIpc) is 2.38. The molecule has 0 radical (unpaired) electrons. The Hall–Kier alpha value is -1.74. The Morgan fingerprint density at radius 2 is 1.67 bits per heavy atom. The summed E-state index contributed by atoms with van der Waals surface area (Å²) in [5.41, 5.74) is 8.54. The average molecular weight is 247 g/mol. The molecule has 1 nitrogen and oxygen atoms in total. The number of rotatable bonds is 3. The highest BCUT2D eigenvalue weighted by atomic mass is 19.3. The molecule has 0 bridgehead atoms. The number of benzene rings is 2. The van der Waals surface area contributed by atoms with Crippen LogP contribution in [0.5, 0.6) is 0 Å². The van der Waals surface area contributed by atoms with Crippen molar-refractivity contribution in [3.05, 3.63) is 59.7 Å². The molecule has 2 aromatic rings. The minimum Gasteiger partial charge on any atom is -0.326 e. The van der Waals surface area contributed by atoms with Gasteiger partial charge in [-0.05, 0) is 22.8 Å². The SMILES string of the molecule is CC(F)(F)c1ccc(-c2cccc(CN)c2)cc1. The highest BCUT2D eigenvalue weighted by Gasteiger charge is 2.23. The van der Waals surface area contributed by atoms with Gasteiger partial charge < -0.3 is 5.73 Å². The molecule has 18 heavy (non-hydrogen) atoms. The van der Waals surface area contributed by atoms with Gasteiger partial charge in [-0.3, -0.25) is 0 Å². The van der Waals surface area contributed by atoms with Gasteiger partial charge in [-0.1, -0.05) is 42.5 Å². The molecule has 2 N–H and O–H groups in total. The molecule has 3 heteroatoms. The van der Waals surface area contributed by atoms with Gasteiger partial charge in [0, 0.05) is 19.0 Å². The lowest BCUT2D eigenvalue weighted by atomic mass is 10.0. The van der Waals surface area contributed by atoms with Crippen molar-refractivity contribution in [1.82, 2.24) is 0 Å². The molecular weight excluding hydrogens is 232 g/mol. The maximum absolute atomic E-state index is 13.1. The number of hydrogen-bond donors (Lipinski definition) is 1. The van der Waals surface area contributed by atoms with Crippen LogP contribution in [0.1, 0.15) is 18.1 Å². The summed E-state index contributed by atoms with van der Waals surface area (Å²) in [5, 5.41) is 0. The summed E-state index contributed by atoms with van der Waals surface area (Å²) < 4.78 is 26.2. The van der Waals surface area contributed by atoms with E-state index >= 15 is 0 Å². The molecule has 0 unspecified atom stereocenters. The molecule has 0 atom stereocenters. The van der Waals surface area contributed by atoms with E-state index in [4.69, 9.17) is 5.73 Å². The molecule has 94 valence electrons. The van der Waals surface area contributed by atoms with E-state index in [1.54, 1.807) is 12.1 Å². The molecule has 0 saturated carbocycles. The van der Waals surface area contributed by atoms with Crippen LogP contribution in [0.4, 0.5) is 8.78 Å². The lowest BCUT2D eigenvalue weighted by Gasteiger charge is -2.11. The summed E-state index contributed by atoms with van der Waals surface area (Å²) in [7, 11) is 0. The van der Waals surface area contributed by atoms with E-state index in [-0.39, 0.29) is 5.56 Å². The van der Waals surface area contributed by atoms with E-state index in [2.05, 4.69) is 0 Å². The van der Waals surface area contributed by atoms with Crippen LogP contribution in [0, 0.1) is 0 Å². The monoisotopic (exact) mass is 247 g/mol. The van der Waals surface area contributed by atoms with Gasteiger partial charge in [-0.2, -0.15) is 0 Å². The first-order valence-electron chi connectivity index (χ1n) is 5.78. The first kappa shape index (κ1) is 12.7. The van der Waals surface area contributed by atoms with E-state index < -0.39 is 5.92 Å². The minimum atomic E-state index is -2.79. The van der Waals surface area contributed by atoms with E-state index in [9.17, 15) is 8.78 Å². The largest absolute Gasteiger partial charge is 0.326 e. The number of nitrogens with two attached hydrogens (primary N) is 1. The van der Waals surface area contributed by atoms with E-state index in [0.29, 0.717) is 6.54 Å². The third-order valence-electron chi connectivity index (χ3n) is 2.89. The van der Waals surface area contributed by atoms with Crippen molar-refractivity contribution in [3.8, 4) is 11.1 Å². The van der Waals surface area contributed by atoms with Crippen LogP contribution < -0.4 is 5.73 Å². The third kappa shape index (κ3) is 2.74. The van der Waals surface area contributed by atoms with Crippen molar-refractivity contribution in [3.63, 3.8) is 0 Å². The van der Waals surface area contributed by atoms with Gasteiger partial charge in [0.15, 0.2) is 0 Å². The van der Waals surface area contributed by atoms with Crippen LogP contribution in [0.25, 0.3) is 11.1 Å². The molecule has 0 aliphatic heterocycles. The molecule has 2 aromatic carbocycles. The molecule has 0 aromatic heterocycles. The molecule has 0 aliphatic carbocycles. The van der Waals surface area contributed by atoms with Crippen molar-refractivity contribution >= 4 is 0 Å². The van der Waals surface area contributed by atoms with Crippen LogP contribution in [-0.4, -0.2) is 0 Å². The predicted octanol–water partition coefficient (Wildman–Crippen LogP) is 3.92. The Kier molecular flexibility index (Phi) is 3.43. The molecule has 0 aliphatic rings. The zero-order valence-electron chi connectivity index (χ0n) is 10.2. The van der Waals surface area contributed by atoms with E-state index in [1.165, 1.54) is 12.1 Å². The van der Waals surface area contributed by atoms with Gasteiger partial charge in [-0.15, -0.1) is 0 Å². The Morgan fingerprint density at radius 1 is 1.00 bits per heavy atom. The van der Waals surface area contributed by atoms with Crippen LogP contribution >= 0.6 is 0 Å². The van der Waals surface area contributed by atoms with Gasteiger partial charge >= 0.3 is 0 Å². The molecule has 0 spiro atoms. The lowest BCUT2D eigenvalue weighted by Crippen LogP contribution is -2.06. The Morgan fingerprint density at radius 3 is 2.22 bits per heavy atom. The molecule has 0 amide bonds. The first-order valence-corrected chi connectivity index (χ1v) is 5.78. The van der Waals surface area contributed by atoms with Crippen molar-refractivity contribution < 1.29 is 8.78 Å². The topological polar surface area (TPSA) is 26.0 Å². The maximum atomic E-state index is 13.1. The fourth-order valence-electron chi connectivity index (χ4n) is 1.83. The molecular formula is C15H15F2N. The normalized spacial score (nSPS) is 11.6. The predicted molar refractivity (Wildman–Crippen MR) is 69.3 cm³/mol. The maximum Gasteiger partial charge on any atom is 0.270 e. The van der Waals surface area contributed by atoms with Crippen molar-refractivity contribution in [1.29, 1.82) is 0 Å². The third-order valence-corrected chi connectivity index (χ3v) is 2.89. The van der Waals surface area contributed by atoms with Gasteiger partial charge in [0.05, 0.1) is 0 Å². The van der Waals surface area contributed by atoms with E-state index in [1.807, 2.05) is 24.3 Å². The number of halogens is 2. The van der Waals surface area contributed by atoms with Crippen molar-refractivity contribution in [2.45, 2.75) is 19.4 Å². The summed E-state index contributed by atoms with van der Waals surface area (Å²) in [6.45, 7) is 1.37. The van der Waals surface area contributed by atoms with Gasteiger partial charge in [0.2, 0.25) is 0 Å². The summed E-state index contributed by atoms with van der Waals surface area (Å²) in [6.07, 6.45) is 0. The highest BCUT2D eigenvalue weighted by molar-refractivity contribution is 5.64. The fourth-order valence-corrected chi connectivity index (χ4v) is 1.83. The molecule has 0 heterocycles. The van der Waals surface area contributed by atoms with E-state index in [0.717, 1.165) is 23.6 Å². The van der Waals surface area contributed by atoms with Gasteiger partial charge in [0.1, 0.15) is 0 Å². The summed E-state index contributed by atoms with van der Waals surface area (Å²) in [4.78, 5) is 0. The standard InChI is InChI=1S/C15H15F2N/c1-15(16,17)14-7-5-12(6-8-14)13-4-2-3-11(9-13)10-18/h2-9H,10,18H2,1H3. The second-order valence-corrected chi connectivity index (χ2v) is 4.37. The van der Waals surface area contributed by atoms with Crippen molar-refractivity contribution in [2.75, 3.05) is 0 Å². The van der Waals surface area contributed by atoms with Crippen LogP contribution in [0.15, 0.2) is 48.5 Å². The Balaban J connectivity index is 2.34. The Labute approximate surface area is 105 Å². The lowest BCUT2D eigenvalue weighted by molar-refractivity contribution is 0.0175.